The third kappa shape index (κ3) is 2.02. The van der Waals surface area contributed by atoms with Crippen molar-refractivity contribution in [2.24, 2.45) is 4.99 Å². The molecule has 0 aromatic carbocycles. The molecule has 80 valence electrons. The maximum absolute atomic E-state index is 11.5. The van der Waals surface area contributed by atoms with Gasteiger partial charge in [-0.3, -0.25) is 0 Å². The molecule has 1 aromatic heterocycles. The zero-order chi connectivity index (χ0) is 10.7. The summed E-state index contributed by atoms with van der Waals surface area (Å²) in [6, 6.07) is 3.30. The van der Waals surface area contributed by atoms with Gasteiger partial charge in [-0.15, -0.1) is 11.3 Å². The lowest BCUT2D eigenvalue weighted by atomic mass is 10.1. The summed E-state index contributed by atoms with van der Waals surface area (Å²) in [5, 5.41) is 1.94. The smallest absolute Gasteiger partial charge is 0.335 e. The van der Waals surface area contributed by atoms with E-state index in [1.165, 1.54) is 6.40 Å². The monoisotopic (exact) mass is 225 g/mol. The molecule has 0 bridgehead atoms. The zero-order valence-corrected chi connectivity index (χ0v) is 9.07. The molecule has 4 nitrogen and oxygen atoms in total. The largest absolute Gasteiger partial charge is 0.472 e. The number of carbonyl (C=O) groups is 1. The SMILES string of the molecule is CCOC(=O)C1N=COC1c1cccs1. The highest BCUT2D eigenvalue weighted by atomic mass is 32.1. The normalized spacial score (nSPS) is 23.8. The number of aliphatic imine (C=N–C) groups is 1. The summed E-state index contributed by atoms with van der Waals surface area (Å²) in [6.45, 7) is 2.14. The van der Waals surface area contributed by atoms with Crippen LogP contribution in [0.4, 0.5) is 0 Å². The summed E-state index contributed by atoms with van der Waals surface area (Å²) in [7, 11) is 0. The highest BCUT2D eigenvalue weighted by molar-refractivity contribution is 7.10. The molecule has 0 saturated carbocycles. The van der Waals surface area contributed by atoms with Crippen LogP contribution in [0.15, 0.2) is 22.5 Å². The van der Waals surface area contributed by atoms with E-state index < -0.39 is 6.04 Å². The number of thiophene rings is 1. The van der Waals surface area contributed by atoms with Crippen molar-refractivity contribution in [1.82, 2.24) is 0 Å². The summed E-state index contributed by atoms with van der Waals surface area (Å²) in [5.41, 5.74) is 0. The van der Waals surface area contributed by atoms with Crippen LogP contribution in [-0.2, 0) is 14.3 Å². The fourth-order valence-corrected chi connectivity index (χ4v) is 2.20. The van der Waals surface area contributed by atoms with E-state index in [0.29, 0.717) is 6.61 Å². The first-order valence-electron chi connectivity index (χ1n) is 4.70. The molecular weight excluding hydrogens is 214 g/mol. The zero-order valence-electron chi connectivity index (χ0n) is 8.25. The predicted molar refractivity (Wildman–Crippen MR) is 57.1 cm³/mol. The first-order valence-corrected chi connectivity index (χ1v) is 5.58. The Morgan fingerprint density at radius 1 is 1.73 bits per heavy atom. The minimum Gasteiger partial charge on any atom is -0.472 e. The molecule has 0 N–H and O–H groups in total. The summed E-state index contributed by atoms with van der Waals surface area (Å²) in [4.78, 5) is 16.5. The van der Waals surface area contributed by atoms with E-state index in [1.807, 2.05) is 17.5 Å². The molecule has 15 heavy (non-hydrogen) atoms. The van der Waals surface area contributed by atoms with Crippen LogP contribution in [0.3, 0.4) is 0 Å². The molecule has 0 fully saturated rings. The van der Waals surface area contributed by atoms with Gasteiger partial charge in [-0.25, -0.2) is 9.79 Å². The molecule has 0 aliphatic carbocycles. The predicted octanol–water partition coefficient (Wildman–Crippen LogP) is 1.78. The number of ether oxygens (including phenoxy) is 2. The highest BCUT2D eigenvalue weighted by Crippen LogP contribution is 2.30. The van der Waals surface area contributed by atoms with Gasteiger partial charge >= 0.3 is 5.97 Å². The van der Waals surface area contributed by atoms with Gasteiger partial charge in [-0.2, -0.15) is 0 Å². The maximum atomic E-state index is 11.5. The van der Waals surface area contributed by atoms with Crippen molar-refractivity contribution >= 4 is 23.7 Å². The Labute approximate surface area is 91.5 Å². The van der Waals surface area contributed by atoms with Crippen molar-refractivity contribution < 1.29 is 14.3 Å². The lowest BCUT2D eigenvalue weighted by molar-refractivity contribution is -0.146. The van der Waals surface area contributed by atoms with E-state index in [0.717, 1.165) is 4.88 Å². The van der Waals surface area contributed by atoms with Gasteiger partial charge in [0.15, 0.2) is 18.5 Å². The van der Waals surface area contributed by atoms with Gasteiger partial charge in [-0.05, 0) is 18.4 Å². The molecule has 0 saturated heterocycles. The van der Waals surface area contributed by atoms with Crippen molar-refractivity contribution in [1.29, 1.82) is 0 Å². The van der Waals surface area contributed by atoms with Gasteiger partial charge < -0.3 is 9.47 Å². The first-order chi connectivity index (χ1) is 7.33. The second-order valence-electron chi connectivity index (χ2n) is 3.02. The second-order valence-corrected chi connectivity index (χ2v) is 4.00. The van der Waals surface area contributed by atoms with Crippen LogP contribution < -0.4 is 0 Å². The Hall–Kier alpha value is -1.36. The van der Waals surface area contributed by atoms with Gasteiger partial charge in [0.2, 0.25) is 0 Å². The minimum atomic E-state index is -0.552. The van der Waals surface area contributed by atoms with E-state index in [4.69, 9.17) is 9.47 Å². The van der Waals surface area contributed by atoms with Crippen LogP contribution in [-0.4, -0.2) is 25.0 Å². The Morgan fingerprint density at radius 2 is 2.60 bits per heavy atom. The van der Waals surface area contributed by atoms with E-state index in [9.17, 15) is 4.79 Å². The third-order valence-corrected chi connectivity index (χ3v) is 3.00. The molecule has 5 heteroatoms. The molecule has 2 atom stereocenters. The molecule has 1 aliphatic rings. The van der Waals surface area contributed by atoms with Crippen molar-refractivity contribution in [2.45, 2.75) is 19.1 Å². The topological polar surface area (TPSA) is 47.9 Å². The Kier molecular flexibility index (Phi) is 3.01. The minimum absolute atomic E-state index is 0.316. The average molecular weight is 225 g/mol. The van der Waals surface area contributed by atoms with Crippen molar-refractivity contribution in [3.8, 4) is 0 Å². The molecular formula is C10H11NO3S. The van der Waals surface area contributed by atoms with Crippen molar-refractivity contribution in [2.75, 3.05) is 6.61 Å². The van der Waals surface area contributed by atoms with Gasteiger partial charge in [0, 0.05) is 4.88 Å². The molecule has 0 radical (unpaired) electrons. The summed E-state index contributed by atoms with van der Waals surface area (Å²) in [5.74, 6) is -0.329. The number of hydrogen-bond acceptors (Lipinski definition) is 5. The summed E-state index contributed by atoms with van der Waals surface area (Å²) < 4.78 is 10.2. The molecule has 2 heterocycles. The van der Waals surface area contributed by atoms with Crippen LogP contribution in [0.25, 0.3) is 0 Å². The van der Waals surface area contributed by atoms with Crippen LogP contribution in [0.2, 0.25) is 0 Å². The van der Waals surface area contributed by atoms with Gasteiger partial charge in [0.05, 0.1) is 6.61 Å². The first kappa shape index (κ1) is 10.2. The molecule has 1 aliphatic heterocycles. The van der Waals surface area contributed by atoms with Crippen LogP contribution >= 0.6 is 11.3 Å². The summed E-state index contributed by atoms with van der Waals surface area (Å²) in [6.07, 6.45) is 1.01. The molecule has 0 amide bonds. The number of rotatable bonds is 3. The Bertz CT molecular complexity index is 361. The van der Waals surface area contributed by atoms with Crippen LogP contribution in [0, 0.1) is 0 Å². The van der Waals surface area contributed by atoms with Crippen molar-refractivity contribution in [3.63, 3.8) is 0 Å². The fourth-order valence-electron chi connectivity index (χ4n) is 1.41. The standard InChI is InChI=1S/C10H11NO3S/c1-2-13-10(12)8-9(14-6-11-8)7-4-3-5-15-7/h3-6,8-9H,2H2,1H3. The van der Waals surface area contributed by atoms with E-state index >= 15 is 0 Å². The van der Waals surface area contributed by atoms with Gasteiger partial charge in [0.25, 0.3) is 0 Å². The van der Waals surface area contributed by atoms with Gasteiger partial charge in [-0.1, -0.05) is 6.07 Å². The molecule has 2 rings (SSSR count). The highest BCUT2D eigenvalue weighted by Gasteiger charge is 2.35. The van der Waals surface area contributed by atoms with Crippen LogP contribution in [0.1, 0.15) is 17.9 Å². The number of nitrogens with zero attached hydrogens (tertiary/aromatic N) is 1. The molecule has 0 spiro atoms. The number of esters is 1. The van der Waals surface area contributed by atoms with Gasteiger partial charge in [0.1, 0.15) is 0 Å². The lowest BCUT2D eigenvalue weighted by Crippen LogP contribution is -2.25. The fraction of sp³-hybridized carbons (Fsp3) is 0.400. The maximum Gasteiger partial charge on any atom is 0.335 e. The van der Waals surface area contributed by atoms with E-state index in [2.05, 4.69) is 4.99 Å². The van der Waals surface area contributed by atoms with E-state index in [-0.39, 0.29) is 12.1 Å². The lowest BCUT2D eigenvalue weighted by Gasteiger charge is -2.14. The number of hydrogen-bond donors (Lipinski definition) is 0. The third-order valence-electron chi connectivity index (χ3n) is 2.07. The Morgan fingerprint density at radius 3 is 3.27 bits per heavy atom. The van der Waals surface area contributed by atoms with E-state index in [1.54, 1.807) is 18.3 Å². The number of carbonyl (C=O) groups excluding carboxylic acids is 1. The Balaban J connectivity index is 2.11. The quantitative estimate of drug-likeness (QED) is 0.737. The second kappa shape index (κ2) is 4.44. The van der Waals surface area contributed by atoms with Crippen LogP contribution in [0.5, 0.6) is 0 Å². The molecule has 2 unspecified atom stereocenters. The summed E-state index contributed by atoms with van der Waals surface area (Å²) >= 11 is 1.55. The van der Waals surface area contributed by atoms with Crippen molar-refractivity contribution in [3.05, 3.63) is 22.4 Å². The molecule has 1 aromatic rings. The average Bonchev–Trinajstić information content (AvgIpc) is 2.88.